The Hall–Kier alpha value is -3.53. The third kappa shape index (κ3) is 4.84. The van der Waals surface area contributed by atoms with Crippen LogP contribution in [0, 0.1) is 12.8 Å². The van der Waals surface area contributed by atoms with E-state index in [1.165, 1.54) is 17.6 Å². The van der Waals surface area contributed by atoms with Crippen LogP contribution >= 0.6 is 11.3 Å². The van der Waals surface area contributed by atoms with Gasteiger partial charge in [0.15, 0.2) is 5.76 Å². The molecular weight excluding hydrogens is 466 g/mol. The molecule has 0 radical (unpaired) electrons. The number of piperazine rings is 1. The van der Waals surface area contributed by atoms with Crippen LogP contribution in [0.5, 0.6) is 0 Å². The summed E-state index contributed by atoms with van der Waals surface area (Å²) in [4.78, 5) is 53.8. The van der Waals surface area contributed by atoms with E-state index in [9.17, 15) is 14.4 Å². The highest BCUT2D eigenvalue weighted by atomic mass is 32.1. The van der Waals surface area contributed by atoms with E-state index in [0.717, 1.165) is 23.4 Å². The highest BCUT2D eigenvalue weighted by Gasteiger charge is 2.34. The predicted molar refractivity (Wildman–Crippen MR) is 130 cm³/mol. The molecule has 0 saturated carbocycles. The van der Waals surface area contributed by atoms with E-state index >= 15 is 0 Å². The molecule has 3 aromatic heterocycles. The molecule has 5 rings (SSSR count). The quantitative estimate of drug-likeness (QED) is 0.554. The number of aromatic nitrogens is 2. The zero-order valence-electron chi connectivity index (χ0n) is 19.6. The molecule has 0 bridgehead atoms. The maximum absolute atomic E-state index is 13.3. The van der Waals surface area contributed by atoms with Crippen LogP contribution in [0.1, 0.15) is 38.8 Å². The van der Waals surface area contributed by atoms with Crippen LogP contribution < -0.4 is 0 Å². The Bertz CT molecular complexity index is 1200. The van der Waals surface area contributed by atoms with Crippen molar-refractivity contribution in [1.29, 1.82) is 0 Å². The largest absolute Gasteiger partial charge is 0.459 e. The number of carbonyl (C=O) groups is 3. The average molecular weight is 494 g/mol. The molecular formula is C25H27N5O4S. The van der Waals surface area contributed by atoms with Gasteiger partial charge in [0, 0.05) is 57.2 Å². The molecule has 2 fully saturated rings. The Morgan fingerprint density at radius 3 is 2.51 bits per heavy atom. The number of thiazole rings is 1. The standard InChI is InChI=1S/C25H27N5O4S/c1-17-21(35-22(27-17)18-5-2-8-26-15-18)25(33)30-9-3-6-19(16-30)23(31)28-10-12-29(13-11-28)24(32)20-7-4-14-34-20/h2,4-5,7-8,14-15,19H,3,6,9-13,16H2,1H3. The Morgan fingerprint density at radius 2 is 1.80 bits per heavy atom. The molecule has 35 heavy (non-hydrogen) atoms. The monoisotopic (exact) mass is 493 g/mol. The smallest absolute Gasteiger partial charge is 0.289 e. The Balaban J connectivity index is 1.20. The van der Waals surface area contributed by atoms with Gasteiger partial charge in [-0.25, -0.2) is 4.98 Å². The van der Waals surface area contributed by atoms with E-state index in [1.807, 2.05) is 24.0 Å². The normalized spacial score (nSPS) is 18.5. The zero-order chi connectivity index (χ0) is 24.4. The molecule has 5 heterocycles. The van der Waals surface area contributed by atoms with Gasteiger partial charge in [-0.3, -0.25) is 19.4 Å². The molecule has 182 valence electrons. The number of piperidine rings is 1. The summed E-state index contributed by atoms with van der Waals surface area (Å²) < 4.78 is 5.21. The second-order valence-electron chi connectivity index (χ2n) is 8.86. The Kier molecular flexibility index (Phi) is 6.63. The topological polar surface area (TPSA) is 99.9 Å². The van der Waals surface area contributed by atoms with E-state index in [1.54, 1.807) is 34.3 Å². The van der Waals surface area contributed by atoms with Crippen molar-refractivity contribution in [2.45, 2.75) is 19.8 Å². The van der Waals surface area contributed by atoms with Crippen molar-refractivity contribution >= 4 is 29.1 Å². The zero-order valence-corrected chi connectivity index (χ0v) is 20.4. The second kappa shape index (κ2) is 9.99. The third-order valence-electron chi connectivity index (χ3n) is 6.57. The highest BCUT2D eigenvalue weighted by Crippen LogP contribution is 2.30. The predicted octanol–water partition coefficient (Wildman–Crippen LogP) is 2.94. The van der Waals surface area contributed by atoms with Crippen molar-refractivity contribution in [3.8, 4) is 10.6 Å². The first-order valence-electron chi connectivity index (χ1n) is 11.8. The molecule has 0 aromatic carbocycles. The highest BCUT2D eigenvalue weighted by molar-refractivity contribution is 7.17. The maximum atomic E-state index is 13.3. The number of amides is 3. The van der Waals surface area contributed by atoms with Gasteiger partial charge >= 0.3 is 0 Å². The van der Waals surface area contributed by atoms with Gasteiger partial charge in [-0.1, -0.05) is 0 Å². The minimum atomic E-state index is -0.231. The lowest BCUT2D eigenvalue weighted by Gasteiger charge is -2.38. The van der Waals surface area contributed by atoms with Crippen LogP contribution in [-0.4, -0.2) is 81.7 Å². The summed E-state index contributed by atoms with van der Waals surface area (Å²) in [6, 6.07) is 7.12. The first kappa shape index (κ1) is 23.2. The summed E-state index contributed by atoms with van der Waals surface area (Å²) >= 11 is 1.37. The molecule has 0 aliphatic carbocycles. The lowest BCUT2D eigenvalue weighted by Crippen LogP contribution is -2.54. The first-order valence-corrected chi connectivity index (χ1v) is 12.6. The lowest BCUT2D eigenvalue weighted by atomic mass is 9.96. The maximum Gasteiger partial charge on any atom is 0.289 e. The van der Waals surface area contributed by atoms with Crippen LogP contribution in [0.4, 0.5) is 0 Å². The van der Waals surface area contributed by atoms with Gasteiger partial charge in [-0.2, -0.15) is 0 Å². The minimum absolute atomic E-state index is 0.0599. The van der Waals surface area contributed by atoms with E-state index in [4.69, 9.17) is 4.42 Å². The van der Waals surface area contributed by atoms with Gasteiger partial charge in [0.2, 0.25) is 5.91 Å². The molecule has 2 aliphatic heterocycles. The fourth-order valence-corrected chi connectivity index (χ4v) is 5.68. The molecule has 2 saturated heterocycles. The summed E-state index contributed by atoms with van der Waals surface area (Å²) in [5.74, 6) is -0.0735. The van der Waals surface area contributed by atoms with Crippen LogP contribution in [0.3, 0.4) is 0 Å². The van der Waals surface area contributed by atoms with Crippen LogP contribution in [-0.2, 0) is 4.79 Å². The minimum Gasteiger partial charge on any atom is -0.459 e. The van der Waals surface area contributed by atoms with Crippen molar-refractivity contribution in [2.75, 3.05) is 39.3 Å². The molecule has 0 N–H and O–H groups in total. The lowest BCUT2D eigenvalue weighted by molar-refractivity contribution is -0.138. The Morgan fingerprint density at radius 1 is 1.00 bits per heavy atom. The SMILES string of the molecule is Cc1nc(-c2cccnc2)sc1C(=O)N1CCCC(C(=O)N2CCN(C(=O)c3ccco3)CC2)C1. The van der Waals surface area contributed by atoms with Crippen LogP contribution in [0.15, 0.2) is 47.3 Å². The fraction of sp³-hybridized carbons (Fsp3) is 0.400. The number of furan rings is 1. The van der Waals surface area contributed by atoms with Gasteiger partial charge in [0.1, 0.15) is 9.88 Å². The van der Waals surface area contributed by atoms with E-state index in [0.29, 0.717) is 55.6 Å². The number of rotatable bonds is 4. The van der Waals surface area contributed by atoms with Crippen LogP contribution in [0.2, 0.25) is 0 Å². The van der Waals surface area contributed by atoms with Gasteiger partial charge in [0.05, 0.1) is 17.9 Å². The summed E-state index contributed by atoms with van der Waals surface area (Å²) in [5, 5.41) is 0.769. The van der Waals surface area contributed by atoms with Crippen LogP contribution in [0.25, 0.3) is 10.6 Å². The number of hydrogen-bond donors (Lipinski definition) is 0. The second-order valence-corrected chi connectivity index (χ2v) is 9.86. The number of hydrogen-bond acceptors (Lipinski definition) is 7. The van der Waals surface area contributed by atoms with Crippen molar-refractivity contribution in [3.63, 3.8) is 0 Å². The molecule has 1 unspecified atom stereocenters. The molecule has 10 heteroatoms. The average Bonchev–Trinajstić information content (AvgIpc) is 3.58. The van der Waals surface area contributed by atoms with Crippen molar-refractivity contribution in [2.24, 2.45) is 5.92 Å². The molecule has 3 amide bonds. The number of aryl methyl sites for hydroxylation is 1. The number of pyridine rings is 1. The number of nitrogens with zero attached hydrogens (tertiary/aromatic N) is 5. The van der Waals surface area contributed by atoms with Crippen molar-refractivity contribution < 1.29 is 18.8 Å². The number of carbonyl (C=O) groups excluding carboxylic acids is 3. The molecule has 1 atom stereocenters. The summed E-state index contributed by atoms with van der Waals surface area (Å²) in [6.45, 7) is 4.79. The van der Waals surface area contributed by atoms with Gasteiger partial charge in [0.25, 0.3) is 11.8 Å². The summed E-state index contributed by atoms with van der Waals surface area (Å²) in [7, 11) is 0. The van der Waals surface area contributed by atoms with Gasteiger partial charge < -0.3 is 19.1 Å². The third-order valence-corrected chi connectivity index (χ3v) is 7.76. The summed E-state index contributed by atoms with van der Waals surface area (Å²) in [6.07, 6.45) is 6.47. The first-order chi connectivity index (χ1) is 17.0. The van der Waals surface area contributed by atoms with E-state index < -0.39 is 0 Å². The van der Waals surface area contributed by atoms with E-state index in [2.05, 4.69) is 9.97 Å². The fourth-order valence-electron chi connectivity index (χ4n) is 4.66. The van der Waals surface area contributed by atoms with Crippen molar-refractivity contribution in [3.05, 3.63) is 59.3 Å². The molecule has 0 spiro atoms. The summed E-state index contributed by atoms with van der Waals surface area (Å²) in [5.41, 5.74) is 1.58. The van der Waals surface area contributed by atoms with E-state index in [-0.39, 0.29) is 23.6 Å². The van der Waals surface area contributed by atoms with Gasteiger partial charge in [-0.15, -0.1) is 11.3 Å². The molecule has 3 aromatic rings. The molecule has 9 nitrogen and oxygen atoms in total. The Labute approximate surface area is 207 Å². The van der Waals surface area contributed by atoms with Gasteiger partial charge in [-0.05, 0) is 44.0 Å². The molecule has 2 aliphatic rings. The number of likely N-dealkylation sites (tertiary alicyclic amines) is 1. The van der Waals surface area contributed by atoms with Crippen molar-refractivity contribution in [1.82, 2.24) is 24.7 Å².